The van der Waals surface area contributed by atoms with Crippen molar-refractivity contribution in [3.63, 3.8) is 0 Å². The number of nitrogens with one attached hydrogen (secondary N) is 2. The average Bonchev–Trinajstić information content (AvgIpc) is 3.41. The number of carbonyl (C=O) groups is 1. The van der Waals surface area contributed by atoms with Gasteiger partial charge in [-0.1, -0.05) is 49.4 Å². The monoisotopic (exact) mass is 483 g/mol. The Labute approximate surface area is 213 Å². The van der Waals surface area contributed by atoms with Crippen LogP contribution in [0.5, 0.6) is 0 Å². The van der Waals surface area contributed by atoms with E-state index in [1.165, 1.54) is 0 Å². The van der Waals surface area contributed by atoms with Crippen molar-refractivity contribution in [3.8, 4) is 6.07 Å². The fourth-order valence-electron chi connectivity index (χ4n) is 4.51. The molecule has 1 aromatic heterocycles. The summed E-state index contributed by atoms with van der Waals surface area (Å²) in [6.45, 7) is 5.14. The van der Waals surface area contributed by atoms with Crippen molar-refractivity contribution in [1.29, 1.82) is 5.26 Å². The van der Waals surface area contributed by atoms with E-state index in [0.717, 1.165) is 36.3 Å². The zero-order valence-corrected chi connectivity index (χ0v) is 20.9. The van der Waals surface area contributed by atoms with Crippen molar-refractivity contribution < 1.29 is 9.53 Å². The molecule has 1 amide bonds. The highest BCUT2D eigenvalue weighted by Gasteiger charge is 2.24. The molecule has 7 nitrogen and oxygen atoms in total. The fourth-order valence-corrected chi connectivity index (χ4v) is 4.51. The molecule has 4 rings (SSSR count). The largest absolute Gasteiger partial charge is 0.380 e. The van der Waals surface area contributed by atoms with E-state index in [1.54, 1.807) is 7.11 Å². The molecule has 1 unspecified atom stereocenters. The number of rotatable bonds is 10. The first-order chi connectivity index (χ1) is 17.6. The van der Waals surface area contributed by atoms with E-state index in [4.69, 9.17) is 10.00 Å². The zero-order chi connectivity index (χ0) is 25.3. The van der Waals surface area contributed by atoms with E-state index in [1.807, 2.05) is 72.9 Å². The molecule has 1 aliphatic heterocycles. The molecular weight excluding hydrogens is 450 g/mol. The molecule has 0 aliphatic carbocycles. The number of nitrogens with zero attached hydrogens (tertiary/aromatic N) is 3. The molecule has 3 aromatic rings. The second-order valence-corrected chi connectivity index (χ2v) is 9.24. The number of hydrogen-bond acceptors (Lipinski definition) is 6. The molecule has 0 radical (unpaired) electrons. The molecule has 0 spiro atoms. The number of methoxy groups -OCH3 is 1. The lowest BCUT2D eigenvalue weighted by atomic mass is 9.96. The van der Waals surface area contributed by atoms with E-state index in [9.17, 15) is 4.79 Å². The van der Waals surface area contributed by atoms with Crippen molar-refractivity contribution in [1.82, 2.24) is 10.3 Å². The number of amides is 1. The maximum Gasteiger partial charge on any atom is 0.234 e. The summed E-state index contributed by atoms with van der Waals surface area (Å²) in [4.78, 5) is 20.0. The third-order valence-electron chi connectivity index (χ3n) is 6.77. The first-order valence-electron chi connectivity index (χ1n) is 12.4. The lowest BCUT2D eigenvalue weighted by Gasteiger charge is -2.20. The predicted octanol–water partition coefficient (Wildman–Crippen LogP) is 4.29. The summed E-state index contributed by atoms with van der Waals surface area (Å²) in [5, 5.41) is 15.5. The fraction of sp³-hybridized carbons (Fsp3) is 0.345. The van der Waals surface area contributed by atoms with E-state index < -0.39 is 0 Å². The molecule has 2 N–H and O–H groups in total. The van der Waals surface area contributed by atoms with Crippen LogP contribution in [-0.2, 0) is 9.53 Å². The highest BCUT2D eigenvalue weighted by atomic mass is 16.5. The first-order valence-corrected chi connectivity index (χ1v) is 12.4. The van der Waals surface area contributed by atoms with Gasteiger partial charge in [-0.2, -0.15) is 5.26 Å². The highest BCUT2D eigenvalue weighted by molar-refractivity contribution is 5.95. The number of pyridine rings is 1. The van der Waals surface area contributed by atoms with Crippen molar-refractivity contribution >= 4 is 17.4 Å². The lowest BCUT2D eigenvalue weighted by molar-refractivity contribution is -0.117. The molecule has 2 heterocycles. The first kappa shape index (κ1) is 25.4. The minimum absolute atomic E-state index is 0.0967. The van der Waals surface area contributed by atoms with Gasteiger partial charge in [-0.15, -0.1) is 0 Å². The Bertz CT molecular complexity index is 1160. The number of hydrogen-bond donors (Lipinski definition) is 2. The summed E-state index contributed by atoms with van der Waals surface area (Å²) >= 11 is 0. The van der Waals surface area contributed by atoms with Gasteiger partial charge < -0.3 is 20.3 Å². The topological polar surface area (TPSA) is 90.3 Å². The minimum Gasteiger partial charge on any atom is -0.380 e. The molecule has 3 atom stereocenters. The van der Waals surface area contributed by atoms with Gasteiger partial charge in [0, 0.05) is 33.3 Å². The second kappa shape index (κ2) is 12.3. The molecule has 1 aliphatic rings. The van der Waals surface area contributed by atoms with Crippen LogP contribution in [0, 0.1) is 11.3 Å². The van der Waals surface area contributed by atoms with Gasteiger partial charge in [0.15, 0.2) is 0 Å². The zero-order valence-electron chi connectivity index (χ0n) is 20.9. The lowest BCUT2D eigenvalue weighted by Crippen LogP contribution is -2.32. The maximum atomic E-state index is 13.3. The third-order valence-corrected chi connectivity index (χ3v) is 6.77. The minimum atomic E-state index is -0.359. The number of anilines is 2. The van der Waals surface area contributed by atoms with Crippen LogP contribution in [0.4, 0.5) is 11.5 Å². The molecule has 7 heteroatoms. The quantitative estimate of drug-likeness (QED) is 0.447. The van der Waals surface area contributed by atoms with Gasteiger partial charge in [0.2, 0.25) is 5.91 Å². The number of nitriles is 1. The Hall–Kier alpha value is -3.73. The van der Waals surface area contributed by atoms with Crippen molar-refractivity contribution in [2.24, 2.45) is 0 Å². The molecule has 1 saturated heterocycles. The van der Waals surface area contributed by atoms with Crippen LogP contribution in [0.1, 0.15) is 41.9 Å². The summed E-state index contributed by atoms with van der Waals surface area (Å²) in [6, 6.07) is 23.5. The van der Waals surface area contributed by atoms with Gasteiger partial charge in [0.25, 0.3) is 0 Å². The second-order valence-electron chi connectivity index (χ2n) is 9.24. The molecule has 36 heavy (non-hydrogen) atoms. The Morgan fingerprint density at radius 1 is 1.11 bits per heavy atom. The molecule has 0 saturated carbocycles. The van der Waals surface area contributed by atoms with Crippen LogP contribution in [0.15, 0.2) is 72.9 Å². The van der Waals surface area contributed by atoms with Gasteiger partial charge >= 0.3 is 0 Å². The Morgan fingerprint density at radius 3 is 2.53 bits per heavy atom. The maximum absolute atomic E-state index is 13.3. The van der Waals surface area contributed by atoms with Gasteiger partial charge in [-0.25, -0.2) is 4.98 Å². The number of ether oxygens (including phenoxy) is 1. The van der Waals surface area contributed by atoms with Crippen LogP contribution in [0.2, 0.25) is 0 Å². The van der Waals surface area contributed by atoms with Crippen LogP contribution >= 0.6 is 0 Å². The molecule has 1 fully saturated rings. The number of benzene rings is 2. The summed E-state index contributed by atoms with van der Waals surface area (Å²) in [6.07, 6.45) is 3.07. The van der Waals surface area contributed by atoms with Crippen LogP contribution in [0.25, 0.3) is 0 Å². The van der Waals surface area contributed by atoms with Crippen LogP contribution < -0.4 is 15.5 Å². The normalized spacial score (nSPS) is 16.8. The Morgan fingerprint density at radius 2 is 1.89 bits per heavy atom. The van der Waals surface area contributed by atoms with Crippen LogP contribution in [0.3, 0.4) is 0 Å². The summed E-state index contributed by atoms with van der Waals surface area (Å²) < 4.78 is 5.45. The van der Waals surface area contributed by atoms with Gasteiger partial charge in [0.1, 0.15) is 5.82 Å². The Kier molecular flexibility index (Phi) is 8.66. The number of aromatic nitrogens is 1. The molecule has 0 bridgehead atoms. The molecule has 186 valence electrons. The molecule has 2 aromatic carbocycles. The standard InChI is InChI=1S/C29H33N5O2/c1-21(23-10-8-22(16-30)9-11-23)17-31-19-27(24-6-4-3-5-7-24)29(35)33-28-13-12-25(18-32-28)34-15-14-26(20-34)36-2/h3-13,18,21,26-27,31H,14-15,17,19-20H2,1-2H3,(H,32,33,35)/t21-,26+,27?/m1/s1. The summed E-state index contributed by atoms with van der Waals surface area (Å²) in [5.41, 5.74) is 3.79. The van der Waals surface area contributed by atoms with Crippen molar-refractivity contribution in [2.75, 3.05) is 43.5 Å². The predicted molar refractivity (Wildman–Crippen MR) is 142 cm³/mol. The van der Waals surface area contributed by atoms with E-state index in [2.05, 4.69) is 33.5 Å². The molecular formula is C29H33N5O2. The third kappa shape index (κ3) is 6.48. The van der Waals surface area contributed by atoms with Crippen molar-refractivity contribution in [2.45, 2.75) is 31.3 Å². The number of carbonyl (C=O) groups excluding carboxylic acids is 1. The van der Waals surface area contributed by atoms with Crippen LogP contribution in [-0.4, -0.2) is 50.3 Å². The van der Waals surface area contributed by atoms with E-state index >= 15 is 0 Å². The van der Waals surface area contributed by atoms with E-state index in [-0.39, 0.29) is 23.8 Å². The average molecular weight is 484 g/mol. The Balaban J connectivity index is 1.37. The summed E-state index contributed by atoms with van der Waals surface area (Å²) in [5.74, 6) is 0.329. The SMILES string of the molecule is CO[C@H]1CCN(c2ccc(NC(=O)C(CNC[C@@H](C)c3ccc(C#N)cc3)c3ccccc3)nc2)C1. The van der Waals surface area contributed by atoms with Gasteiger partial charge in [-0.05, 0) is 47.7 Å². The van der Waals surface area contributed by atoms with E-state index in [0.29, 0.717) is 24.5 Å². The van der Waals surface area contributed by atoms with Crippen molar-refractivity contribution in [3.05, 3.63) is 89.6 Å². The van der Waals surface area contributed by atoms with Gasteiger partial charge in [0.05, 0.1) is 35.5 Å². The summed E-state index contributed by atoms with van der Waals surface area (Å²) in [7, 11) is 1.75. The van der Waals surface area contributed by atoms with Gasteiger partial charge in [-0.3, -0.25) is 4.79 Å². The highest BCUT2D eigenvalue weighted by Crippen LogP contribution is 2.23. The smallest absolute Gasteiger partial charge is 0.234 e.